The molecule has 0 saturated heterocycles. The lowest BCUT2D eigenvalue weighted by Gasteiger charge is -2.06. The zero-order valence-electron chi connectivity index (χ0n) is 14.7. The Bertz CT molecular complexity index is 1110. The van der Waals surface area contributed by atoms with E-state index in [1.807, 2.05) is 54.7 Å². The van der Waals surface area contributed by atoms with Crippen molar-refractivity contribution in [1.82, 2.24) is 15.0 Å². The van der Waals surface area contributed by atoms with Crippen molar-refractivity contribution < 1.29 is 9.53 Å². The minimum atomic E-state index is 0.00617. The van der Waals surface area contributed by atoms with Crippen molar-refractivity contribution in [2.24, 2.45) is 0 Å². The van der Waals surface area contributed by atoms with E-state index in [1.54, 1.807) is 24.5 Å². The predicted octanol–water partition coefficient (Wildman–Crippen LogP) is 5.02. The standard InChI is InChI=1S/C22H17N3O2/c1-15(26)7-8-17-13-24-22-20(17)11-18(14-25-22)16-9-10-21(23-12-16)27-19-5-3-2-4-6-19/h2-14H,1H3,(H,24,25)/b8-7+. The van der Waals surface area contributed by atoms with Crippen LogP contribution in [0.1, 0.15) is 12.5 Å². The number of ketones is 1. The number of hydrogen-bond acceptors (Lipinski definition) is 4. The summed E-state index contributed by atoms with van der Waals surface area (Å²) < 4.78 is 5.73. The van der Waals surface area contributed by atoms with Gasteiger partial charge in [-0.2, -0.15) is 0 Å². The van der Waals surface area contributed by atoms with E-state index < -0.39 is 0 Å². The molecular weight excluding hydrogens is 338 g/mol. The first kappa shape index (κ1) is 16.7. The topological polar surface area (TPSA) is 67.9 Å². The lowest BCUT2D eigenvalue weighted by molar-refractivity contribution is -0.112. The summed E-state index contributed by atoms with van der Waals surface area (Å²) in [5.41, 5.74) is 3.58. The SMILES string of the molecule is CC(=O)/C=C/c1c[nH]c2ncc(-c3ccc(Oc4ccccc4)nc3)cc12. The van der Waals surface area contributed by atoms with Crippen LogP contribution in [-0.4, -0.2) is 20.7 Å². The number of ether oxygens (including phenoxy) is 1. The van der Waals surface area contributed by atoms with E-state index >= 15 is 0 Å². The summed E-state index contributed by atoms with van der Waals surface area (Å²) in [5, 5.41) is 0.953. The minimum Gasteiger partial charge on any atom is -0.439 e. The van der Waals surface area contributed by atoms with E-state index in [0.717, 1.165) is 33.5 Å². The summed E-state index contributed by atoms with van der Waals surface area (Å²) in [6.07, 6.45) is 8.75. The van der Waals surface area contributed by atoms with Gasteiger partial charge in [0.2, 0.25) is 5.88 Å². The molecule has 0 atom stereocenters. The van der Waals surface area contributed by atoms with Gasteiger partial charge in [0.1, 0.15) is 11.4 Å². The Morgan fingerprint density at radius 1 is 1.04 bits per heavy atom. The highest BCUT2D eigenvalue weighted by Gasteiger charge is 2.07. The number of aromatic nitrogens is 3. The fourth-order valence-electron chi connectivity index (χ4n) is 2.75. The third-order valence-electron chi connectivity index (χ3n) is 4.10. The van der Waals surface area contributed by atoms with Crippen LogP contribution in [0.25, 0.3) is 28.2 Å². The van der Waals surface area contributed by atoms with Gasteiger partial charge in [-0.25, -0.2) is 9.97 Å². The van der Waals surface area contributed by atoms with E-state index in [2.05, 4.69) is 15.0 Å². The first-order valence-electron chi connectivity index (χ1n) is 8.54. The molecule has 0 spiro atoms. The van der Waals surface area contributed by atoms with Crippen molar-refractivity contribution in [3.63, 3.8) is 0 Å². The fraction of sp³-hybridized carbons (Fsp3) is 0.0455. The van der Waals surface area contributed by atoms with E-state index in [1.165, 1.54) is 6.92 Å². The molecule has 1 aromatic carbocycles. The van der Waals surface area contributed by atoms with E-state index in [4.69, 9.17) is 4.74 Å². The lowest BCUT2D eigenvalue weighted by Crippen LogP contribution is -1.88. The second-order valence-corrected chi connectivity index (χ2v) is 6.11. The zero-order valence-corrected chi connectivity index (χ0v) is 14.7. The zero-order chi connectivity index (χ0) is 18.6. The quantitative estimate of drug-likeness (QED) is 0.510. The molecule has 0 fully saturated rings. The summed E-state index contributed by atoms with van der Waals surface area (Å²) >= 11 is 0. The highest BCUT2D eigenvalue weighted by Crippen LogP contribution is 2.27. The molecule has 27 heavy (non-hydrogen) atoms. The van der Waals surface area contributed by atoms with Crippen molar-refractivity contribution in [1.29, 1.82) is 0 Å². The number of pyridine rings is 2. The van der Waals surface area contributed by atoms with Crippen molar-refractivity contribution in [2.75, 3.05) is 0 Å². The molecule has 0 amide bonds. The summed E-state index contributed by atoms with van der Waals surface area (Å²) in [5.74, 6) is 1.28. The predicted molar refractivity (Wildman–Crippen MR) is 106 cm³/mol. The van der Waals surface area contributed by atoms with E-state index in [0.29, 0.717) is 5.88 Å². The Hall–Kier alpha value is -3.73. The van der Waals surface area contributed by atoms with Gasteiger partial charge >= 0.3 is 0 Å². The Kier molecular flexibility index (Phi) is 4.49. The number of nitrogens with zero attached hydrogens (tertiary/aromatic N) is 2. The third kappa shape index (κ3) is 3.77. The average Bonchev–Trinajstić information content (AvgIpc) is 3.10. The number of hydrogen-bond donors (Lipinski definition) is 1. The Balaban J connectivity index is 1.62. The number of aromatic amines is 1. The van der Waals surface area contributed by atoms with Crippen LogP contribution < -0.4 is 4.74 Å². The minimum absolute atomic E-state index is 0.00617. The maximum Gasteiger partial charge on any atom is 0.219 e. The number of allylic oxidation sites excluding steroid dienone is 1. The number of benzene rings is 1. The van der Waals surface area contributed by atoms with Gasteiger partial charge in [0.25, 0.3) is 0 Å². The van der Waals surface area contributed by atoms with Crippen LogP contribution in [-0.2, 0) is 4.79 Å². The summed E-state index contributed by atoms with van der Waals surface area (Å²) in [4.78, 5) is 23.2. The van der Waals surface area contributed by atoms with Gasteiger partial charge in [0.15, 0.2) is 5.78 Å². The Morgan fingerprint density at radius 3 is 2.59 bits per heavy atom. The molecule has 4 aromatic rings. The molecule has 0 unspecified atom stereocenters. The summed E-state index contributed by atoms with van der Waals surface area (Å²) in [7, 11) is 0. The summed E-state index contributed by atoms with van der Waals surface area (Å²) in [6.45, 7) is 1.53. The second kappa shape index (κ2) is 7.25. The summed E-state index contributed by atoms with van der Waals surface area (Å²) in [6, 6.07) is 15.4. The van der Waals surface area contributed by atoms with Gasteiger partial charge in [-0.05, 0) is 43.3 Å². The molecule has 0 aliphatic carbocycles. The van der Waals surface area contributed by atoms with Crippen LogP contribution in [0.2, 0.25) is 0 Å². The van der Waals surface area contributed by atoms with Crippen molar-refractivity contribution in [2.45, 2.75) is 6.92 Å². The average molecular weight is 355 g/mol. The molecule has 5 nitrogen and oxygen atoms in total. The van der Waals surface area contributed by atoms with Crippen LogP contribution in [0, 0.1) is 0 Å². The Labute approximate surface area is 156 Å². The van der Waals surface area contributed by atoms with Gasteiger partial charge < -0.3 is 9.72 Å². The van der Waals surface area contributed by atoms with E-state index in [-0.39, 0.29) is 5.78 Å². The van der Waals surface area contributed by atoms with Gasteiger partial charge in [-0.15, -0.1) is 0 Å². The van der Waals surface area contributed by atoms with Crippen LogP contribution >= 0.6 is 0 Å². The van der Waals surface area contributed by atoms with Crippen LogP contribution in [0.15, 0.2) is 73.2 Å². The molecule has 132 valence electrons. The van der Waals surface area contributed by atoms with Gasteiger partial charge in [0, 0.05) is 46.7 Å². The van der Waals surface area contributed by atoms with Crippen molar-refractivity contribution >= 4 is 22.9 Å². The van der Waals surface area contributed by atoms with Crippen LogP contribution in [0.3, 0.4) is 0 Å². The molecular formula is C22H17N3O2. The smallest absolute Gasteiger partial charge is 0.219 e. The molecule has 4 rings (SSSR count). The van der Waals surface area contributed by atoms with Crippen LogP contribution in [0.5, 0.6) is 11.6 Å². The number of carbonyl (C=O) groups is 1. The number of para-hydroxylation sites is 1. The molecule has 5 heteroatoms. The van der Waals surface area contributed by atoms with E-state index in [9.17, 15) is 4.79 Å². The molecule has 3 aromatic heterocycles. The van der Waals surface area contributed by atoms with Gasteiger partial charge in [-0.1, -0.05) is 18.2 Å². The first-order chi connectivity index (χ1) is 13.2. The maximum absolute atomic E-state index is 11.2. The second-order valence-electron chi connectivity index (χ2n) is 6.11. The van der Waals surface area contributed by atoms with Crippen molar-refractivity contribution in [3.8, 4) is 22.8 Å². The highest BCUT2D eigenvalue weighted by atomic mass is 16.5. The molecule has 0 aliphatic rings. The third-order valence-corrected chi connectivity index (χ3v) is 4.10. The van der Waals surface area contributed by atoms with Gasteiger partial charge in [0.05, 0.1) is 0 Å². The molecule has 0 bridgehead atoms. The Morgan fingerprint density at radius 2 is 1.85 bits per heavy atom. The maximum atomic E-state index is 11.2. The first-order valence-corrected chi connectivity index (χ1v) is 8.54. The number of carbonyl (C=O) groups excluding carboxylic acids is 1. The number of fused-ring (bicyclic) bond motifs is 1. The molecule has 0 aliphatic heterocycles. The lowest BCUT2D eigenvalue weighted by atomic mass is 10.1. The molecule has 1 N–H and O–H groups in total. The molecule has 0 radical (unpaired) electrons. The monoisotopic (exact) mass is 355 g/mol. The highest BCUT2D eigenvalue weighted by molar-refractivity contribution is 5.96. The molecule has 0 saturated carbocycles. The largest absolute Gasteiger partial charge is 0.439 e. The van der Waals surface area contributed by atoms with Gasteiger partial charge in [-0.3, -0.25) is 4.79 Å². The number of rotatable bonds is 5. The van der Waals surface area contributed by atoms with Crippen LogP contribution in [0.4, 0.5) is 0 Å². The number of nitrogens with one attached hydrogen (secondary N) is 1. The fourth-order valence-corrected chi connectivity index (χ4v) is 2.75. The number of H-pyrrole nitrogens is 1. The molecule has 3 heterocycles. The van der Waals surface area contributed by atoms with Crippen molar-refractivity contribution in [3.05, 3.63) is 78.8 Å². The normalized spacial score (nSPS) is 11.1.